The van der Waals surface area contributed by atoms with Crippen molar-refractivity contribution in [2.45, 2.75) is 26.7 Å². The van der Waals surface area contributed by atoms with Gasteiger partial charge in [0.2, 0.25) is 0 Å². The van der Waals surface area contributed by atoms with Crippen LogP contribution in [0.4, 0.5) is 0 Å². The third kappa shape index (κ3) is 4.17. The van der Waals surface area contributed by atoms with Gasteiger partial charge < -0.3 is 5.41 Å². The van der Waals surface area contributed by atoms with Crippen LogP contribution in [-0.2, 0) is 4.79 Å². The third-order valence-electron chi connectivity index (χ3n) is 3.01. The zero-order valence-corrected chi connectivity index (χ0v) is 12.0. The third-order valence-corrected chi connectivity index (χ3v) is 3.01. The van der Waals surface area contributed by atoms with Crippen LogP contribution in [0, 0.1) is 5.41 Å². The first-order valence-electron chi connectivity index (χ1n) is 6.43. The highest BCUT2D eigenvalue weighted by Crippen LogP contribution is 2.20. The van der Waals surface area contributed by atoms with E-state index in [4.69, 9.17) is 10.6 Å². The number of benzene rings is 1. The number of amides is 1. The summed E-state index contributed by atoms with van der Waals surface area (Å²) in [5, 5.41) is 16.0. The predicted octanol–water partition coefficient (Wildman–Crippen LogP) is 3.29. The molecule has 0 aliphatic heterocycles. The Balaban J connectivity index is 3.10. The first-order chi connectivity index (χ1) is 9.49. The van der Waals surface area contributed by atoms with E-state index in [0.717, 1.165) is 5.56 Å². The second-order valence-corrected chi connectivity index (χ2v) is 4.84. The monoisotopic (exact) mass is 272 g/mol. The Morgan fingerprint density at radius 3 is 2.60 bits per heavy atom. The van der Waals surface area contributed by atoms with Crippen molar-refractivity contribution >= 4 is 17.7 Å². The number of hydrogen-bond donors (Lipinski definition) is 3. The van der Waals surface area contributed by atoms with E-state index in [-0.39, 0.29) is 0 Å². The van der Waals surface area contributed by atoms with Gasteiger partial charge in [-0.1, -0.05) is 50.3 Å². The maximum absolute atomic E-state index is 11.2. The molecule has 20 heavy (non-hydrogen) atoms. The van der Waals surface area contributed by atoms with Crippen LogP contribution >= 0.6 is 0 Å². The molecule has 0 saturated carbocycles. The second kappa shape index (κ2) is 7.40. The molecule has 0 aromatic heterocycles. The number of hydroxylamine groups is 1. The molecule has 4 nitrogen and oxygen atoms in total. The van der Waals surface area contributed by atoms with Crippen molar-refractivity contribution in [2.75, 3.05) is 0 Å². The average molecular weight is 272 g/mol. The van der Waals surface area contributed by atoms with E-state index < -0.39 is 5.91 Å². The van der Waals surface area contributed by atoms with Crippen molar-refractivity contribution in [2.24, 2.45) is 0 Å². The first-order valence-corrected chi connectivity index (χ1v) is 6.43. The molecule has 0 heterocycles. The fourth-order valence-corrected chi connectivity index (χ4v) is 1.68. The van der Waals surface area contributed by atoms with Gasteiger partial charge in [-0.25, -0.2) is 5.48 Å². The minimum atomic E-state index is -0.554. The van der Waals surface area contributed by atoms with Crippen molar-refractivity contribution < 1.29 is 10.0 Å². The fraction of sp³-hybridized carbons (Fsp3) is 0.250. The molecule has 0 atom stereocenters. The van der Waals surface area contributed by atoms with E-state index in [9.17, 15) is 4.79 Å². The summed E-state index contributed by atoms with van der Waals surface area (Å²) in [7, 11) is 0. The Kier molecular flexibility index (Phi) is 5.87. The molecule has 4 heteroatoms. The topological polar surface area (TPSA) is 73.2 Å². The van der Waals surface area contributed by atoms with Gasteiger partial charge in [0.1, 0.15) is 0 Å². The number of rotatable bonds is 5. The van der Waals surface area contributed by atoms with Gasteiger partial charge in [-0.3, -0.25) is 10.0 Å². The Hall–Kier alpha value is -2.20. The number of allylic oxidation sites excluding steroid dienone is 3. The lowest BCUT2D eigenvalue weighted by atomic mass is 9.97. The molecule has 1 aromatic rings. The normalized spacial score (nSPS) is 12.4. The summed E-state index contributed by atoms with van der Waals surface area (Å²) in [6.45, 7) is 5.82. The zero-order valence-electron chi connectivity index (χ0n) is 12.0. The van der Waals surface area contributed by atoms with Gasteiger partial charge in [-0.15, -0.1) is 0 Å². The average Bonchev–Trinajstić information content (AvgIpc) is 2.47. The standard InChI is InChI=1S/C16H20N2O2/c1-11(2)13-5-4-6-14(9-13)15(10-17)8-7-12(3)16(19)18-20/h4-11,17,20H,1-3H3,(H,18,19)/b12-7+,15-8+,17-10?. The van der Waals surface area contributed by atoms with Crippen molar-refractivity contribution in [1.29, 1.82) is 5.41 Å². The molecule has 0 aliphatic rings. The number of nitrogens with one attached hydrogen (secondary N) is 2. The fourth-order valence-electron chi connectivity index (χ4n) is 1.68. The summed E-state index contributed by atoms with van der Waals surface area (Å²) in [6, 6.07) is 7.98. The molecule has 0 aliphatic carbocycles. The maximum Gasteiger partial charge on any atom is 0.270 e. The van der Waals surface area contributed by atoms with Gasteiger partial charge in [0.25, 0.3) is 5.91 Å². The van der Waals surface area contributed by atoms with Crippen LogP contribution in [0.3, 0.4) is 0 Å². The van der Waals surface area contributed by atoms with Gasteiger partial charge in [0.15, 0.2) is 0 Å². The SMILES string of the molecule is C/C(=C\C=C(/C=N)c1cccc(C(C)C)c1)C(=O)NO. The van der Waals surface area contributed by atoms with E-state index >= 15 is 0 Å². The molecule has 0 unspecified atom stereocenters. The number of hydrogen-bond acceptors (Lipinski definition) is 3. The van der Waals surface area contributed by atoms with Crippen LogP contribution in [0.1, 0.15) is 37.8 Å². The minimum Gasteiger partial charge on any atom is -0.308 e. The summed E-state index contributed by atoms with van der Waals surface area (Å²) >= 11 is 0. The second-order valence-electron chi connectivity index (χ2n) is 4.84. The first kappa shape index (κ1) is 15.9. The maximum atomic E-state index is 11.2. The molecule has 0 bridgehead atoms. The number of carbonyl (C=O) groups is 1. The van der Waals surface area contributed by atoms with Crippen LogP contribution in [0.15, 0.2) is 42.0 Å². The van der Waals surface area contributed by atoms with Crippen molar-refractivity contribution in [3.05, 3.63) is 53.1 Å². The Bertz CT molecular complexity index is 557. The summed E-state index contributed by atoms with van der Waals surface area (Å²) in [4.78, 5) is 11.2. The highest BCUT2D eigenvalue weighted by atomic mass is 16.5. The Morgan fingerprint density at radius 2 is 2.05 bits per heavy atom. The summed E-state index contributed by atoms with van der Waals surface area (Å²) < 4.78 is 0. The molecular formula is C16H20N2O2. The Labute approximate surface area is 119 Å². The minimum absolute atomic E-state index is 0.367. The van der Waals surface area contributed by atoms with E-state index in [2.05, 4.69) is 19.9 Å². The predicted molar refractivity (Wildman–Crippen MR) is 81.0 cm³/mol. The van der Waals surface area contributed by atoms with E-state index in [1.807, 2.05) is 18.2 Å². The van der Waals surface area contributed by atoms with E-state index in [0.29, 0.717) is 17.1 Å². The highest BCUT2D eigenvalue weighted by molar-refractivity contribution is 6.09. The van der Waals surface area contributed by atoms with Crippen LogP contribution < -0.4 is 5.48 Å². The van der Waals surface area contributed by atoms with Crippen molar-refractivity contribution in [3.8, 4) is 0 Å². The Morgan fingerprint density at radius 1 is 1.35 bits per heavy atom. The molecule has 106 valence electrons. The molecule has 1 rings (SSSR count). The molecule has 0 spiro atoms. The smallest absolute Gasteiger partial charge is 0.270 e. The largest absolute Gasteiger partial charge is 0.308 e. The molecule has 3 N–H and O–H groups in total. The van der Waals surface area contributed by atoms with Crippen LogP contribution in [-0.4, -0.2) is 17.3 Å². The molecule has 0 radical (unpaired) electrons. The van der Waals surface area contributed by atoms with Crippen molar-refractivity contribution in [1.82, 2.24) is 5.48 Å². The van der Waals surface area contributed by atoms with Gasteiger partial charge >= 0.3 is 0 Å². The van der Waals surface area contributed by atoms with E-state index in [1.54, 1.807) is 24.6 Å². The molecular weight excluding hydrogens is 252 g/mol. The lowest BCUT2D eigenvalue weighted by Gasteiger charge is -2.08. The van der Waals surface area contributed by atoms with Gasteiger partial charge in [0.05, 0.1) is 0 Å². The van der Waals surface area contributed by atoms with Crippen LogP contribution in [0.2, 0.25) is 0 Å². The van der Waals surface area contributed by atoms with Gasteiger partial charge in [0, 0.05) is 11.8 Å². The summed E-state index contributed by atoms with van der Waals surface area (Å²) in [5.41, 5.74) is 4.78. The summed E-state index contributed by atoms with van der Waals surface area (Å²) in [5.74, 6) is -0.138. The molecule has 0 fully saturated rings. The van der Waals surface area contributed by atoms with Gasteiger partial charge in [-0.2, -0.15) is 0 Å². The lowest BCUT2D eigenvalue weighted by Crippen LogP contribution is -2.19. The van der Waals surface area contributed by atoms with E-state index in [1.165, 1.54) is 11.8 Å². The van der Waals surface area contributed by atoms with Gasteiger partial charge in [-0.05, 0) is 29.5 Å². The number of carbonyl (C=O) groups excluding carboxylic acids is 1. The van der Waals surface area contributed by atoms with Crippen LogP contribution in [0.25, 0.3) is 5.57 Å². The molecule has 0 saturated heterocycles. The molecule has 1 amide bonds. The molecule has 1 aromatic carbocycles. The highest BCUT2D eigenvalue weighted by Gasteiger charge is 2.04. The lowest BCUT2D eigenvalue weighted by molar-refractivity contribution is -0.125. The quantitative estimate of drug-likeness (QED) is 0.253. The zero-order chi connectivity index (χ0) is 15.1. The van der Waals surface area contributed by atoms with Crippen molar-refractivity contribution in [3.63, 3.8) is 0 Å². The van der Waals surface area contributed by atoms with Crippen LogP contribution in [0.5, 0.6) is 0 Å². The summed E-state index contributed by atoms with van der Waals surface area (Å²) in [6.07, 6.45) is 4.52.